The van der Waals surface area contributed by atoms with Crippen molar-refractivity contribution in [3.8, 4) is 0 Å². The fourth-order valence-electron chi connectivity index (χ4n) is 6.12. The molecule has 1 saturated heterocycles. The molecule has 1 saturated carbocycles. The molecule has 2 fully saturated rings. The van der Waals surface area contributed by atoms with E-state index >= 15 is 0 Å². The lowest BCUT2D eigenvalue weighted by Gasteiger charge is -2.34. The Hall–Kier alpha value is -2.17. The number of nitrogens with zero attached hydrogens (tertiary/aromatic N) is 3. The Kier molecular flexibility index (Phi) is 5.85. The van der Waals surface area contributed by atoms with Crippen molar-refractivity contribution >= 4 is 10.9 Å². The lowest BCUT2D eigenvalue weighted by Crippen LogP contribution is -2.37. The van der Waals surface area contributed by atoms with Crippen LogP contribution in [0.2, 0.25) is 0 Å². The maximum absolute atomic E-state index is 10.9. The lowest BCUT2D eigenvalue weighted by molar-refractivity contribution is 0.0475. The Morgan fingerprint density at radius 2 is 1.88 bits per heavy atom. The van der Waals surface area contributed by atoms with Crippen molar-refractivity contribution in [3.05, 3.63) is 65.4 Å². The highest BCUT2D eigenvalue weighted by atomic mass is 16.3. The molecule has 1 aromatic heterocycles. The van der Waals surface area contributed by atoms with Crippen LogP contribution in [0.5, 0.6) is 0 Å². The number of hydrogen-bond donors (Lipinski definition) is 1. The minimum atomic E-state index is -0.366. The van der Waals surface area contributed by atoms with Crippen LogP contribution in [0.1, 0.15) is 75.2 Å². The zero-order valence-corrected chi connectivity index (χ0v) is 19.8. The Bertz CT molecular complexity index is 1070. The summed E-state index contributed by atoms with van der Waals surface area (Å²) in [6.45, 7) is 9.25. The van der Waals surface area contributed by atoms with Crippen LogP contribution in [0.4, 0.5) is 0 Å². The van der Waals surface area contributed by atoms with Crippen LogP contribution >= 0.6 is 0 Å². The summed E-state index contributed by atoms with van der Waals surface area (Å²) in [6, 6.07) is 18.2. The molecule has 0 amide bonds. The second-order valence-electron chi connectivity index (χ2n) is 10.3. The normalized spacial score (nSPS) is 25.7. The number of benzene rings is 2. The number of likely N-dealkylation sites (tertiary alicyclic amines) is 1. The van der Waals surface area contributed by atoms with Gasteiger partial charge in [-0.05, 0) is 43.4 Å². The maximum Gasteiger partial charge on any atom is 0.0700 e. The van der Waals surface area contributed by atoms with Crippen molar-refractivity contribution in [2.24, 2.45) is 5.41 Å². The van der Waals surface area contributed by atoms with Crippen molar-refractivity contribution in [2.45, 2.75) is 77.5 Å². The van der Waals surface area contributed by atoms with Crippen LogP contribution < -0.4 is 0 Å². The SMILES string of the molecule is CCc1nn(C2CCCC2)c2cc([C@H]3CN(Cc4ccccc4)C[C@@]3(C)[C@@H](C)O)ccc12. The zero-order valence-electron chi connectivity index (χ0n) is 19.8. The summed E-state index contributed by atoms with van der Waals surface area (Å²) in [4.78, 5) is 2.52. The van der Waals surface area contributed by atoms with Gasteiger partial charge in [0.05, 0.1) is 23.4 Å². The average Bonchev–Trinajstić information content (AvgIpc) is 3.52. The minimum absolute atomic E-state index is 0.172. The zero-order chi connectivity index (χ0) is 22.3. The van der Waals surface area contributed by atoms with Gasteiger partial charge in [0.2, 0.25) is 0 Å². The number of hydrogen-bond acceptors (Lipinski definition) is 3. The molecule has 0 bridgehead atoms. The third-order valence-corrected chi connectivity index (χ3v) is 8.22. The van der Waals surface area contributed by atoms with Crippen molar-refractivity contribution in [2.75, 3.05) is 13.1 Å². The monoisotopic (exact) mass is 431 g/mol. The quantitative estimate of drug-likeness (QED) is 0.544. The predicted octanol–water partition coefficient (Wildman–Crippen LogP) is 5.70. The molecule has 1 aliphatic carbocycles. The Morgan fingerprint density at radius 3 is 2.56 bits per heavy atom. The van der Waals surface area contributed by atoms with Gasteiger partial charge in [0.25, 0.3) is 0 Å². The van der Waals surface area contributed by atoms with Gasteiger partial charge >= 0.3 is 0 Å². The van der Waals surface area contributed by atoms with Gasteiger partial charge in [0.15, 0.2) is 0 Å². The van der Waals surface area contributed by atoms with E-state index in [0.717, 1.165) is 26.1 Å². The number of aromatic nitrogens is 2. The standard InChI is InChI=1S/C28H37N3O/c1-4-26-24-15-14-22(16-27(24)31(29-26)23-12-8-9-13-23)25-18-30(19-28(25,3)20(2)32)17-21-10-6-5-7-11-21/h5-7,10-11,14-16,20,23,25,32H,4,8-9,12-13,17-19H2,1-3H3/t20-,25-,28+/m1/s1. The van der Waals surface area contributed by atoms with Gasteiger partial charge in [0.1, 0.15) is 0 Å². The summed E-state index contributed by atoms with van der Waals surface area (Å²) in [5, 5.41) is 17.2. The number of aliphatic hydroxyl groups is 1. The average molecular weight is 432 g/mol. The van der Waals surface area contributed by atoms with Crippen LogP contribution in [-0.4, -0.2) is 39.0 Å². The Labute approximate surface area is 192 Å². The van der Waals surface area contributed by atoms with Crippen LogP contribution in [-0.2, 0) is 13.0 Å². The van der Waals surface area contributed by atoms with E-state index in [9.17, 15) is 5.11 Å². The van der Waals surface area contributed by atoms with Gasteiger partial charge in [0, 0.05) is 36.4 Å². The van der Waals surface area contributed by atoms with Gasteiger partial charge in [-0.2, -0.15) is 5.10 Å². The van der Waals surface area contributed by atoms with Gasteiger partial charge in [-0.15, -0.1) is 0 Å². The van der Waals surface area contributed by atoms with E-state index in [1.165, 1.54) is 53.4 Å². The molecule has 5 rings (SSSR count). The molecule has 1 aliphatic heterocycles. The molecule has 32 heavy (non-hydrogen) atoms. The molecule has 2 heterocycles. The summed E-state index contributed by atoms with van der Waals surface area (Å²) in [6.07, 6.45) is 5.70. The van der Waals surface area contributed by atoms with Gasteiger partial charge in [-0.25, -0.2) is 0 Å². The molecular formula is C28H37N3O. The van der Waals surface area contributed by atoms with Gasteiger partial charge in [-0.3, -0.25) is 9.58 Å². The fraction of sp³-hybridized carbons (Fsp3) is 0.536. The molecule has 1 N–H and O–H groups in total. The topological polar surface area (TPSA) is 41.3 Å². The number of fused-ring (bicyclic) bond motifs is 1. The summed E-state index contributed by atoms with van der Waals surface area (Å²) in [5.41, 5.74) is 5.02. The summed E-state index contributed by atoms with van der Waals surface area (Å²) in [5.74, 6) is 0.299. The molecule has 170 valence electrons. The van der Waals surface area contributed by atoms with Crippen molar-refractivity contribution in [1.29, 1.82) is 0 Å². The summed E-state index contributed by atoms with van der Waals surface area (Å²) in [7, 11) is 0. The molecule has 0 unspecified atom stereocenters. The molecule has 4 heteroatoms. The molecular weight excluding hydrogens is 394 g/mol. The van der Waals surface area contributed by atoms with E-state index in [4.69, 9.17) is 5.10 Å². The number of aryl methyl sites for hydroxylation is 1. The van der Waals surface area contributed by atoms with E-state index in [-0.39, 0.29) is 11.5 Å². The Morgan fingerprint density at radius 1 is 1.12 bits per heavy atom. The highest BCUT2D eigenvalue weighted by molar-refractivity contribution is 5.83. The third kappa shape index (κ3) is 3.78. The maximum atomic E-state index is 10.9. The summed E-state index contributed by atoms with van der Waals surface area (Å²) >= 11 is 0. The minimum Gasteiger partial charge on any atom is -0.393 e. The molecule has 0 radical (unpaired) electrons. The van der Waals surface area contributed by atoms with E-state index < -0.39 is 0 Å². The third-order valence-electron chi connectivity index (χ3n) is 8.22. The van der Waals surface area contributed by atoms with Crippen LogP contribution in [0, 0.1) is 5.41 Å². The fourth-order valence-corrected chi connectivity index (χ4v) is 6.12. The second-order valence-corrected chi connectivity index (χ2v) is 10.3. The highest BCUT2D eigenvalue weighted by Gasteiger charge is 2.46. The van der Waals surface area contributed by atoms with E-state index in [1.54, 1.807) is 0 Å². The number of aliphatic hydroxyl groups excluding tert-OH is 1. The van der Waals surface area contributed by atoms with Crippen LogP contribution in [0.3, 0.4) is 0 Å². The van der Waals surface area contributed by atoms with E-state index in [2.05, 4.69) is 72.0 Å². The van der Waals surface area contributed by atoms with E-state index in [0.29, 0.717) is 12.0 Å². The van der Waals surface area contributed by atoms with Crippen molar-refractivity contribution in [3.63, 3.8) is 0 Å². The molecule has 2 aromatic carbocycles. The van der Waals surface area contributed by atoms with Crippen LogP contribution in [0.25, 0.3) is 10.9 Å². The van der Waals surface area contributed by atoms with E-state index in [1.807, 2.05) is 6.92 Å². The summed E-state index contributed by atoms with van der Waals surface area (Å²) < 4.78 is 2.33. The van der Waals surface area contributed by atoms with Crippen LogP contribution in [0.15, 0.2) is 48.5 Å². The first-order valence-corrected chi connectivity index (χ1v) is 12.4. The smallest absolute Gasteiger partial charge is 0.0700 e. The highest BCUT2D eigenvalue weighted by Crippen LogP contribution is 2.46. The van der Waals surface area contributed by atoms with Crippen molar-refractivity contribution in [1.82, 2.24) is 14.7 Å². The first-order chi connectivity index (χ1) is 15.5. The van der Waals surface area contributed by atoms with Gasteiger partial charge < -0.3 is 5.11 Å². The number of rotatable bonds is 6. The molecule has 4 nitrogen and oxygen atoms in total. The first kappa shape index (κ1) is 21.7. The second kappa shape index (κ2) is 8.64. The molecule has 3 aromatic rings. The lowest BCUT2D eigenvalue weighted by atomic mass is 9.72. The largest absolute Gasteiger partial charge is 0.393 e. The molecule has 2 aliphatic rings. The first-order valence-electron chi connectivity index (χ1n) is 12.4. The Balaban J connectivity index is 1.51. The van der Waals surface area contributed by atoms with Crippen molar-refractivity contribution < 1.29 is 5.11 Å². The predicted molar refractivity (Wildman–Crippen MR) is 131 cm³/mol. The van der Waals surface area contributed by atoms with Gasteiger partial charge in [-0.1, -0.05) is 69.2 Å². The molecule has 3 atom stereocenters. The molecule has 0 spiro atoms.